The quantitative estimate of drug-likeness (QED) is 0.162. The van der Waals surface area contributed by atoms with E-state index >= 15 is 0 Å². The summed E-state index contributed by atoms with van der Waals surface area (Å²) in [7, 11) is 0. The zero-order valence-corrected chi connectivity index (χ0v) is 31.2. The first-order valence-electron chi connectivity index (χ1n) is 17.4. The molecule has 0 radical (unpaired) electrons. The molecule has 4 nitrogen and oxygen atoms in total. The van der Waals surface area contributed by atoms with E-state index in [4.69, 9.17) is 5.32 Å². The largest absolute Gasteiger partial charge is 0.683 e. The van der Waals surface area contributed by atoms with E-state index in [1.54, 1.807) is 0 Å². The summed E-state index contributed by atoms with van der Waals surface area (Å²) < 4.78 is 2.58. The van der Waals surface area contributed by atoms with Crippen molar-refractivity contribution in [2.45, 2.75) is 44.6 Å². The molecule has 1 atom stereocenters. The average molecular weight is 839 g/mol. The number of allylic oxidation sites excluding steroid dienone is 2. The van der Waals surface area contributed by atoms with E-state index in [-0.39, 0.29) is 37.9 Å². The van der Waals surface area contributed by atoms with Crippen molar-refractivity contribution in [1.82, 2.24) is 9.55 Å². The molecule has 0 bridgehead atoms. The molecule has 0 saturated heterocycles. The fraction of sp³-hybridized carbons (Fsp3) is 0.152. The maximum Gasteiger partial charge on any atom is 0.0582 e. The molecular weight excluding hydrogens is 804 g/mol. The van der Waals surface area contributed by atoms with Crippen LogP contribution in [0.3, 0.4) is 0 Å². The molecule has 0 saturated carbocycles. The molecule has 0 N–H and O–H groups in total. The third-order valence-electron chi connectivity index (χ3n) is 11.1. The minimum atomic E-state index is -0.244. The van der Waals surface area contributed by atoms with Crippen LogP contribution in [0.5, 0.6) is 0 Å². The van der Waals surface area contributed by atoms with Gasteiger partial charge < -0.3 is 19.8 Å². The number of para-hydroxylation sites is 2. The molecule has 0 spiro atoms. The van der Waals surface area contributed by atoms with Gasteiger partial charge in [0.15, 0.2) is 0 Å². The molecule has 3 aliphatic heterocycles. The van der Waals surface area contributed by atoms with Crippen LogP contribution in [-0.2, 0) is 31.9 Å². The molecule has 5 heterocycles. The first kappa shape index (κ1) is 31.8. The normalized spacial score (nSPS) is 17.0. The third-order valence-corrected chi connectivity index (χ3v) is 11.1. The van der Waals surface area contributed by atoms with Crippen molar-refractivity contribution >= 4 is 38.9 Å². The van der Waals surface area contributed by atoms with Crippen LogP contribution in [0, 0.1) is 12.1 Å². The second-order valence-electron chi connectivity index (χ2n) is 14.7. The van der Waals surface area contributed by atoms with Crippen molar-refractivity contribution in [3.8, 4) is 16.9 Å². The van der Waals surface area contributed by atoms with Gasteiger partial charge in [0.05, 0.1) is 16.7 Å². The summed E-state index contributed by atoms with van der Waals surface area (Å²) in [5, 5.41) is 7.41. The zero-order chi connectivity index (χ0) is 33.8. The van der Waals surface area contributed by atoms with Crippen LogP contribution in [-0.4, -0.2) is 9.55 Å². The van der Waals surface area contributed by atoms with E-state index < -0.39 is 0 Å². The Labute approximate surface area is 313 Å². The van der Waals surface area contributed by atoms with E-state index in [0.717, 1.165) is 33.9 Å². The van der Waals surface area contributed by atoms with Crippen molar-refractivity contribution in [1.29, 1.82) is 0 Å². The number of aromatic nitrogens is 2. The van der Waals surface area contributed by atoms with E-state index in [1.807, 2.05) is 36.7 Å². The van der Waals surface area contributed by atoms with Gasteiger partial charge in [0.25, 0.3) is 0 Å². The van der Waals surface area contributed by atoms with Crippen molar-refractivity contribution in [3.63, 3.8) is 0 Å². The van der Waals surface area contributed by atoms with Gasteiger partial charge >= 0.3 is 0 Å². The molecule has 3 aliphatic rings. The monoisotopic (exact) mass is 838 g/mol. The molecule has 5 heteroatoms. The number of benzene rings is 5. The van der Waals surface area contributed by atoms with Crippen LogP contribution >= 0.6 is 0 Å². The number of fused-ring (bicyclic) bond motifs is 1. The van der Waals surface area contributed by atoms with Crippen LogP contribution in [0.15, 0.2) is 134 Å². The van der Waals surface area contributed by atoms with Gasteiger partial charge in [-0.2, -0.15) is 30.0 Å². The van der Waals surface area contributed by atoms with Crippen molar-refractivity contribution in [3.05, 3.63) is 179 Å². The van der Waals surface area contributed by atoms with E-state index in [0.29, 0.717) is 0 Å². The number of hydrogen-bond donors (Lipinski definition) is 0. The molecule has 5 aromatic carbocycles. The smallest absolute Gasteiger partial charge is 0.0582 e. The van der Waals surface area contributed by atoms with Gasteiger partial charge in [-0.05, 0) is 51.8 Å². The minimum Gasteiger partial charge on any atom is -0.683 e. The molecule has 0 amide bonds. The zero-order valence-electron chi connectivity index (χ0n) is 28.9. The standard InChI is InChI=1S/C46H35N4.Pt/c1-45(2)36-19-11-17-34-35-18-12-20-37-43(35)50(42(34)36)44-38(45)27-33(28-39(44)46(37,3)4)49(31-15-9-13-29(25-31)40-21-5-7-23-47-40)32-16-10-14-30(26-32)41-22-6-8-24-48-41;/h5-24,27-28,40H,1-4H3;/q-3;. The third kappa shape index (κ3) is 4.52. The Kier molecular flexibility index (Phi) is 7.11. The predicted molar refractivity (Wildman–Crippen MR) is 205 cm³/mol. The Balaban J connectivity index is 0.00000348. The Morgan fingerprint density at radius 2 is 1.33 bits per heavy atom. The summed E-state index contributed by atoms with van der Waals surface area (Å²) in [6.45, 7) is 9.56. The molecule has 10 rings (SSSR count). The number of anilines is 3. The first-order valence-corrected chi connectivity index (χ1v) is 17.4. The van der Waals surface area contributed by atoms with Gasteiger partial charge in [-0.1, -0.05) is 106 Å². The summed E-state index contributed by atoms with van der Waals surface area (Å²) in [5.41, 5.74) is 14.7. The van der Waals surface area contributed by atoms with Crippen molar-refractivity contribution in [2.24, 2.45) is 0 Å². The molecule has 252 valence electrons. The summed E-state index contributed by atoms with van der Waals surface area (Å²) in [4.78, 5) is 6.99. The molecule has 7 aromatic rings. The van der Waals surface area contributed by atoms with Crippen molar-refractivity contribution < 1.29 is 21.1 Å². The first-order chi connectivity index (χ1) is 24.3. The van der Waals surface area contributed by atoms with E-state index in [9.17, 15) is 0 Å². The van der Waals surface area contributed by atoms with Gasteiger partial charge in [0, 0.05) is 54.6 Å². The SMILES string of the molecule is CC1(C)c2cc(N(c3[c-]c(-c4ccccn4)ccc3)c3[c-]c(C4C=CC=C[N-]4)ccc3)cc3c2-n2c4c1cccc4c1cccc(c12)C3(C)C.[Pt]. The van der Waals surface area contributed by atoms with Gasteiger partial charge in [-0.25, -0.2) is 0 Å². The van der Waals surface area contributed by atoms with Crippen LogP contribution in [0.25, 0.3) is 44.1 Å². The van der Waals surface area contributed by atoms with Gasteiger partial charge in [-0.15, -0.1) is 35.9 Å². The number of pyridine rings is 1. The molecule has 51 heavy (non-hydrogen) atoms. The van der Waals surface area contributed by atoms with Crippen LogP contribution < -0.4 is 4.90 Å². The summed E-state index contributed by atoms with van der Waals surface area (Å²) >= 11 is 0. The Morgan fingerprint density at radius 3 is 1.96 bits per heavy atom. The summed E-state index contributed by atoms with van der Waals surface area (Å²) in [6.07, 6.45) is 9.86. The second kappa shape index (κ2) is 11.4. The predicted octanol–water partition coefficient (Wildman–Crippen LogP) is 11.7. The average Bonchev–Trinajstić information content (AvgIpc) is 3.49. The molecule has 0 aliphatic carbocycles. The maximum absolute atomic E-state index is 4.75. The second-order valence-corrected chi connectivity index (χ2v) is 14.7. The number of rotatable bonds is 5. The fourth-order valence-electron chi connectivity index (χ4n) is 8.62. The van der Waals surface area contributed by atoms with E-state index in [2.05, 4.69) is 151 Å². The van der Waals surface area contributed by atoms with Gasteiger partial charge in [0.2, 0.25) is 0 Å². The number of nitrogens with zero attached hydrogens (tertiary/aromatic N) is 4. The Morgan fingerprint density at radius 1 is 0.686 bits per heavy atom. The van der Waals surface area contributed by atoms with Crippen LogP contribution in [0.4, 0.5) is 17.1 Å². The van der Waals surface area contributed by atoms with E-state index in [1.165, 1.54) is 49.7 Å². The maximum atomic E-state index is 4.75. The summed E-state index contributed by atoms with van der Waals surface area (Å²) in [6, 6.07) is 44.8. The fourth-order valence-corrected chi connectivity index (χ4v) is 8.62. The molecule has 2 aromatic heterocycles. The topological polar surface area (TPSA) is 35.2 Å². The molecule has 1 unspecified atom stereocenters. The summed E-state index contributed by atoms with van der Waals surface area (Å²) in [5.74, 6) is 0. The Hall–Kier alpha value is -5.18. The molecular formula is C46H35N4Pt-3. The van der Waals surface area contributed by atoms with Crippen LogP contribution in [0.2, 0.25) is 0 Å². The van der Waals surface area contributed by atoms with Crippen LogP contribution in [0.1, 0.15) is 61.6 Å². The Bertz CT molecular complexity index is 2500. The van der Waals surface area contributed by atoms with Crippen molar-refractivity contribution in [2.75, 3.05) is 4.90 Å². The van der Waals surface area contributed by atoms with Gasteiger partial charge in [-0.3, -0.25) is 0 Å². The van der Waals surface area contributed by atoms with Gasteiger partial charge in [0.1, 0.15) is 0 Å². The molecule has 0 fully saturated rings. The minimum absolute atomic E-state index is 0. The number of hydrogen-bond acceptors (Lipinski definition) is 2.